The highest BCUT2D eigenvalue weighted by Gasteiger charge is 2.53. The molecule has 5 rings (SSSR count). The minimum absolute atomic E-state index is 0.159. The summed E-state index contributed by atoms with van der Waals surface area (Å²) < 4.78 is 17.8. The Hall–Kier alpha value is -2.15. The summed E-state index contributed by atoms with van der Waals surface area (Å²) in [6, 6.07) is 4.50. The van der Waals surface area contributed by atoms with Crippen molar-refractivity contribution < 1.29 is 18.8 Å². The van der Waals surface area contributed by atoms with E-state index in [4.69, 9.17) is 19.0 Å². The van der Waals surface area contributed by atoms with Crippen molar-refractivity contribution in [1.82, 2.24) is 9.88 Å². The van der Waals surface area contributed by atoms with E-state index >= 15 is 0 Å². The van der Waals surface area contributed by atoms with Crippen LogP contribution in [0.15, 0.2) is 6.07 Å². The molecule has 0 spiro atoms. The molecular formula is C26H37BN4O4. The van der Waals surface area contributed by atoms with Crippen molar-refractivity contribution in [3.8, 4) is 6.07 Å². The standard InChI is InChI=1S/C26H37BN4O4/c1-25(2)26(3,4)35-27(34-25)20-14-19(15-28)24(29-23(20)18-8-9-18)30-11-12-31(22(32)10-13-33-5)21(16-30)17-6-7-17/h14,17-18,21H,6-13,16H2,1-5H3/t21-/m0/s1. The van der Waals surface area contributed by atoms with Crippen LogP contribution in [0.1, 0.15) is 77.0 Å². The molecule has 0 aromatic carbocycles. The van der Waals surface area contributed by atoms with Crippen molar-refractivity contribution in [2.75, 3.05) is 38.3 Å². The Morgan fingerprint density at radius 1 is 1.20 bits per heavy atom. The predicted molar refractivity (Wildman–Crippen MR) is 134 cm³/mol. The van der Waals surface area contributed by atoms with Crippen LogP contribution in [0.2, 0.25) is 0 Å². The number of carbonyl (C=O) groups is 1. The van der Waals surface area contributed by atoms with Gasteiger partial charge in [0.15, 0.2) is 0 Å². The summed E-state index contributed by atoms with van der Waals surface area (Å²) in [7, 11) is 1.10. The number of nitrogens with zero attached hydrogens (tertiary/aromatic N) is 4. The molecule has 9 heteroatoms. The van der Waals surface area contributed by atoms with Gasteiger partial charge in [0, 0.05) is 43.8 Å². The summed E-state index contributed by atoms with van der Waals surface area (Å²) >= 11 is 0. The zero-order chi connectivity index (χ0) is 25.0. The van der Waals surface area contributed by atoms with Gasteiger partial charge in [-0.05, 0) is 65.4 Å². The maximum absolute atomic E-state index is 12.8. The number of hydrogen-bond donors (Lipinski definition) is 0. The minimum atomic E-state index is -0.529. The molecule has 0 unspecified atom stereocenters. The number of rotatable bonds is 7. The molecule has 0 radical (unpaired) electrons. The van der Waals surface area contributed by atoms with Crippen LogP contribution >= 0.6 is 0 Å². The van der Waals surface area contributed by atoms with Crippen molar-refractivity contribution in [1.29, 1.82) is 5.26 Å². The second kappa shape index (κ2) is 9.06. The quantitative estimate of drug-likeness (QED) is 0.555. The van der Waals surface area contributed by atoms with Gasteiger partial charge in [0.1, 0.15) is 11.9 Å². The van der Waals surface area contributed by atoms with Crippen LogP contribution in [0, 0.1) is 17.2 Å². The second-order valence-electron chi connectivity index (χ2n) is 11.5. The number of hydrogen-bond acceptors (Lipinski definition) is 7. The van der Waals surface area contributed by atoms with Crippen LogP contribution in [-0.2, 0) is 18.8 Å². The van der Waals surface area contributed by atoms with Gasteiger partial charge in [-0.15, -0.1) is 0 Å². The van der Waals surface area contributed by atoms with Crippen molar-refractivity contribution in [3.05, 3.63) is 17.3 Å². The van der Waals surface area contributed by atoms with E-state index < -0.39 is 18.3 Å². The molecule has 1 aromatic rings. The maximum Gasteiger partial charge on any atom is 0.496 e. The van der Waals surface area contributed by atoms with Gasteiger partial charge in [-0.25, -0.2) is 4.98 Å². The van der Waals surface area contributed by atoms with Crippen molar-refractivity contribution in [2.24, 2.45) is 5.92 Å². The van der Waals surface area contributed by atoms with Crippen LogP contribution in [-0.4, -0.2) is 73.5 Å². The Balaban J connectivity index is 1.43. The van der Waals surface area contributed by atoms with Crippen molar-refractivity contribution >= 4 is 24.3 Å². The molecule has 2 aliphatic carbocycles. The summed E-state index contributed by atoms with van der Waals surface area (Å²) in [5, 5.41) is 10.1. The number of amides is 1. The molecular weight excluding hydrogens is 443 g/mol. The molecule has 2 saturated carbocycles. The number of nitriles is 1. The summed E-state index contributed by atoms with van der Waals surface area (Å²) in [6.07, 6.45) is 4.91. The van der Waals surface area contributed by atoms with Crippen LogP contribution in [0.4, 0.5) is 5.82 Å². The number of ether oxygens (including phenoxy) is 1. The first kappa shape index (κ1) is 24.5. The first-order chi connectivity index (χ1) is 16.6. The SMILES string of the molecule is COCCC(=O)N1CCN(c2nc(C3CC3)c(B3OC(C)(C)C(C)(C)O3)cc2C#N)C[C@H]1C1CC1. The Morgan fingerprint density at radius 3 is 2.46 bits per heavy atom. The van der Waals surface area contributed by atoms with Gasteiger partial charge in [-0.3, -0.25) is 4.79 Å². The van der Waals surface area contributed by atoms with E-state index in [1.54, 1.807) is 7.11 Å². The Kier molecular flexibility index (Phi) is 6.35. The molecule has 4 fully saturated rings. The van der Waals surface area contributed by atoms with Gasteiger partial charge in [0.05, 0.1) is 35.8 Å². The molecule has 8 nitrogen and oxygen atoms in total. The number of piperazine rings is 1. The van der Waals surface area contributed by atoms with Crippen LogP contribution in [0.5, 0.6) is 0 Å². The van der Waals surface area contributed by atoms with Crippen LogP contribution < -0.4 is 10.4 Å². The summed E-state index contributed by atoms with van der Waals surface area (Å²) in [5.74, 6) is 1.81. The third-order valence-corrected chi connectivity index (χ3v) is 8.38. The Bertz CT molecular complexity index is 1010. The van der Waals surface area contributed by atoms with Gasteiger partial charge in [0.25, 0.3) is 0 Å². The molecule has 0 N–H and O–H groups in total. The van der Waals surface area contributed by atoms with E-state index in [1.165, 1.54) is 0 Å². The number of aromatic nitrogens is 1. The maximum atomic E-state index is 12.8. The van der Waals surface area contributed by atoms with E-state index in [9.17, 15) is 10.1 Å². The van der Waals surface area contributed by atoms with Crippen LogP contribution in [0.25, 0.3) is 0 Å². The summed E-state index contributed by atoms with van der Waals surface area (Å²) in [6.45, 7) is 10.7. The fourth-order valence-electron chi connectivity index (χ4n) is 5.23. The van der Waals surface area contributed by atoms with Gasteiger partial charge in [0.2, 0.25) is 5.91 Å². The normalized spacial score (nSPS) is 25.6. The highest BCUT2D eigenvalue weighted by molar-refractivity contribution is 6.62. The zero-order valence-electron chi connectivity index (χ0n) is 21.7. The molecule has 3 heterocycles. The molecule has 35 heavy (non-hydrogen) atoms. The molecule has 1 aromatic heterocycles. The minimum Gasteiger partial charge on any atom is -0.399 e. The zero-order valence-corrected chi connectivity index (χ0v) is 21.7. The first-order valence-electron chi connectivity index (χ1n) is 13.0. The highest BCUT2D eigenvalue weighted by Crippen LogP contribution is 2.43. The number of anilines is 1. The molecule has 2 aliphatic heterocycles. The van der Waals surface area contributed by atoms with Gasteiger partial charge >= 0.3 is 7.12 Å². The van der Waals surface area contributed by atoms with E-state index in [-0.39, 0.29) is 11.9 Å². The van der Waals surface area contributed by atoms with E-state index in [0.717, 1.165) is 42.7 Å². The smallest absolute Gasteiger partial charge is 0.399 e. The molecule has 4 aliphatic rings. The molecule has 1 amide bonds. The lowest BCUT2D eigenvalue weighted by molar-refractivity contribution is -0.135. The summed E-state index contributed by atoms with van der Waals surface area (Å²) in [4.78, 5) is 22.2. The van der Waals surface area contributed by atoms with Gasteiger partial charge in [-0.1, -0.05) is 0 Å². The molecule has 2 saturated heterocycles. The molecule has 1 atom stereocenters. The Labute approximate surface area is 209 Å². The average Bonchev–Trinajstić information content (AvgIpc) is 3.74. The Morgan fingerprint density at radius 2 is 1.89 bits per heavy atom. The first-order valence-corrected chi connectivity index (χ1v) is 13.0. The van der Waals surface area contributed by atoms with E-state index in [2.05, 4.69) is 11.0 Å². The van der Waals surface area contributed by atoms with Crippen molar-refractivity contribution in [3.63, 3.8) is 0 Å². The lowest BCUT2D eigenvalue weighted by atomic mass is 9.76. The molecule has 0 bridgehead atoms. The lowest BCUT2D eigenvalue weighted by Gasteiger charge is -2.42. The predicted octanol–water partition coefficient (Wildman–Crippen LogP) is 2.59. The summed E-state index contributed by atoms with van der Waals surface area (Å²) in [5.41, 5.74) is 1.53. The topological polar surface area (TPSA) is 87.9 Å². The van der Waals surface area contributed by atoms with E-state index in [0.29, 0.717) is 50.1 Å². The van der Waals surface area contributed by atoms with Crippen molar-refractivity contribution in [2.45, 2.75) is 83.0 Å². The monoisotopic (exact) mass is 480 g/mol. The number of carbonyl (C=O) groups excluding carboxylic acids is 1. The lowest BCUT2D eigenvalue weighted by Crippen LogP contribution is -2.56. The molecule has 188 valence electrons. The average molecular weight is 480 g/mol. The number of methoxy groups -OCH3 is 1. The second-order valence-corrected chi connectivity index (χ2v) is 11.5. The number of pyridine rings is 1. The third-order valence-electron chi connectivity index (χ3n) is 8.38. The fraction of sp³-hybridized carbons (Fsp3) is 0.731. The van der Waals surface area contributed by atoms with Gasteiger partial charge < -0.3 is 23.8 Å². The largest absolute Gasteiger partial charge is 0.496 e. The van der Waals surface area contributed by atoms with E-state index in [1.807, 2.05) is 38.7 Å². The van der Waals surface area contributed by atoms with Crippen LogP contribution in [0.3, 0.4) is 0 Å². The van der Waals surface area contributed by atoms with Gasteiger partial charge in [-0.2, -0.15) is 5.26 Å². The highest BCUT2D eigenvalue weighted by atomic mass is 16.7. The fourth-order valence-corrected chi connectivity index (χ4v) is 5.23. The third kappa shape index (κ3) is 4.68.